The van der Waals surface area contributed by atoms with E-state index in [0.717, 1.165) is 9.87 Å². The molecule has 0 saturated heterocycles. The number of para-hydroxylation sites is 2. The zero-order chi connectivity index (χ0) is 25.2. The van der Waals surface area contributed by atoms with Gasteiger partial charge in [-0.05, 0) is 49.7 Å². The SMILES string of the molecule is Cc1ccccc1NC(=O)CN(c1c(C)n(C)n(-c2ccccc2)c1=O)S(=O)(=O)c1ccccc1. The van der Waals surface area contributed by atoms with Gasteiger partial charge in [-0.25, -0.2) is 17.4 Å². The number of sulfonamides is 1. The lowest BCUT2D eigenvalue weighted by Gasteiger charge is -2.23. The Morgan fingerprint density at radius 1 is 0.886 bits per heavy atom. The Balaban J connectivity index is 1.84. The highest BCUT2D eigenvalue weighted by Gasteiger charge is 2.33. The number of hydrogen-bond donors (Lipinski definition) is 1. The zero-order valence-electron chi connectivity index (χ0n) is 19.7. The summed E-state index contributed by atoms with van der Waals surface area (Å²) in [5.41, 5.74) is 1.76. The summed E-state index contributed by atoms with van der Waals surface area (Å²) in [5, 5.41) is 2.77. The molecule has 180 valence electrons. The molecule has 0 aliphatic rings. The summed E-state index contributed by atoms with van der Waals surface area (Å²) in [6, 6.07) is 23.9. The Morgan fingerprint density at radius 2 is 1.46 bits per heavy atom. The van der Waals surface area contributed by atoms with Gasteiger partial charge in [0.15, 0.2) is 0 Å². The monoisotopic (exact) mass is 490 g/mol. The molecule has 1 amide bonds. The highest BCUT2D eigenvalue weighted by Crippen LogP contribution is 2.25. The van der Waals surface area contributed by atoms with Crippen molar-refractivity contribution in [1.29, 1.82) is 0 Å². The van der Waals surface area contributed by atoms with Crippen LogP contribution in [-0.4, -0.2) is 30.2 Å². The molecule has 0 atom stereocenters. The van der Waals surface area contributed by atoms with E-state index in [9.17, 15) is 18.0 Å². The molecule has 4 rings (SSSR count). The number of aromatic nitrogens is 2. The van der Waals surface area contributed by atoms with Crippen LogP contribution in [0.2, 0.25) is 0 Å². The summed E-state index contributed by atoms with van der Waals surface area (Å²) in [6.45, 7) is 2.93. The first-order valence-electron chi connectivity index (χ1n) is 11.0. The van der Waals surface area contributed by atoms with Gasteiger partial charge in [0.05, 0.1) is 16.3 Å². The molecular formula is C26H26N4O4S. The number of carbonyl (C=O) groups excluding carboxylic acids is 1. The van der Waals surface area contributed by atoms with Crippen molar-refractivity contribution in [1.82, 2.24) is 9.36 Å². The lowest BCUT2D eigenvalue weighted by Crippen LogP contribution is -2.41. The fourth-order valence-corrected chi connectivity index (χ4v) is 5.37. The Kier molecular flexibility index (Phi) is 6.61. The molecule has 0 saturated carbocycles. The van der Waals surface area contributed by atoms with Gasteiger partial charge >= 0.3 is 0 Å². The van der Waals surface area contributed by atoms with E-state index in [1.807, 2.05) is 25.1 Å². The van der Waals surface area contributed by atoms with Crippen molar-refractivity contribution in [2.45, 2.75) is 18.7 Å². The molecule has 0 fully saturated rings. The van der Waals surface area contributed by atoms with Crippen LogP contribution in [0.25, 0.3) is 5.69 Å². The molecule has 1 heterocycles. The first-order valence-corrected chi connectivity index (χ1v) is 12.4. The van der Waals surface area contributed by atoms with Gasteiger partial charge in [-0.2, -0.15) is 0 Å². The molecule has 0 radical (unpaired) electrons. The van der Waals surface area contributed by atoms with Gasteiger partial charge in [-0.15, -0.1) is 0 Å². The molecule has 8 nitrogen and oxygen atoms in total. The molecule has 0 aliphatic carbocycles. The van der Waals surface area contributed by atoms with E-state index in [0.29, 0.717) is 17.1 Å². The normalized spacial score (nSPS) is 11.3. The smallest absolute Gasteiger partial charge is 0.296 e. The van der Waals surface area contributed by atoms with Gasteiger partial charge < -0.3 is 5.32 Å². The second-order valence-electron chi connectivity index (χ2n) is 8.10. The third-order valence-electron chi connectivity index (χ3n) is 5.81. The van der Waals surface area contributed by atoms with Crippen LogP contribution in [0.15, 0.2) is 94.6 Å². The number of carbonyl (C=O) groups is 1. The van der Waals surface area contributed by atoms with Crippen molar-refractivity contribution in [3.8, 4) is 5.69 Å². The van der Waals surface area contributed by atoms with E-state index < -0.39 is 28.0 Å². The van der Waals surface area contributed by atoms with Gasteiger partial charge in [0.1, 0.15) is 12.2 Å². The molecule has 0 aliphatic heterocycles. The van der Waals surface area contributed by atoms with E-state index in [2.05, 4.69) is 5.32 Å². The zero-order valence-corrected chi connectivity index (χ0v) is 20.5. The molecule has 4 aromatic rings. The van der Waals surface area contributed by atoms with Crippen LogP contribution in [0, 0.1) is 13.8 Å². The second kappa shape index (κ2) is 9.63. The van der Waals surface area contributed by atoms with Crippen LogP contribution in [0.1, 0.15) is 11.3 Å². The largest absolute Gasteiger partial charge is 0.324 e. The van der Waals surface area contributed by atoms with Crippen LogP contribution >= 0.6 is 0 Å². The molecule has 3 aromatic carbocycles. The van der Waals surface area contributed by atoms with Crippen LogP contribution < -0.4 is 15.2 Å². The Morgan fingerprint density at radius 3 is 2.09 bits per heavy atom. The fraction of sp³-hybridized carbons (Fsp3) is 0.154. The number of aryl methyl sites for hydroxylation is 1. The lowest BCUT2D eigenvalue weighted by atomic mass is 10.2. The predicted molar refractivity (Wildman–Crippen MR) is 137 cm³/mol. The quantitative estimate of drug-likeness (QED) is 0.428. The summed E-state index contributed by atoms with van der Waals surface area (Å²) >= 11 is 0. The van der Waals surface area contributed by atoms with Gasteiger partial charge in [0.2, 0.25) is 5.91 Å². The topological polar surface area (TPSA) is 93.4 Å². The maximum absolute atomic E-state index is 13.7. The molecule has 35 heavy (non-hydrogen) atoms. The van der Waals surface area contributed by atoms with Crippen LogP contribution in [-0.2, 0) is 21.9 Å². The number of nitrogens with one attached hydrogen (secondary N) is 1. The Bertz CT molecular complexity index is 1520. The number of hydrogen-bond acceptors (Lipinski definition) is 4. The van der Waals surface area contributed by atoms with E-state index in [1.54, 1.807) is 73.3 Å². The van der Waals surface area contributed by atoms with Gasteiger partial charge in [0, 0.05) is 12.7 Å². The van der Waals surface area contributed by atoms with Crippen molar-refractivity contribution in [3.63, 3.8) is 0 Å². The van der Waals surface area contributed by atoms with Crippen molar-refractivity contribution in [2.75, 3.05) is 16.2 Å². The third kappa shape index (κ3) is 4.63. The highest BCUT2D eigenvalue weighted by atomic mass is 32.2. The Labute approximate surface area is 204 Å². The van der Waals surface area contributed by atoms with E-state index >= 15 is 0 Å². The summed E-state index contributed by atoms with van der Waals surface area (Å²) < 4.78 is 31.3. The van der Waals surface area contributed by atoms with Crippen LogP contribution in [0.3, 0.4) is 0 Å². The van der Waals surface area contributed by atoms with E-state index in [-0.39, 0.29) is 10.6 Å². The number of benzene rings is 3. The van der Waals surface area contributed by atoms with Crippen molar-refractivity contribution in [3.05, 3.63) is 107 Å². The Hall–Kier alpha value is -4.11. The molecule has 0 spiro atoms. The standard InChI is InChI=1S/C26H26N4O4S/c1-19-12-10-11-17-23(19)27-24(31)18-29(35(33,34)22-15-8-5-9-16-22)25-20(2)28(3)30(26(25)32)21-13-6-4-7-14-21/h4-17H,18H2,1-3H3,(H,27,31). The number of amides is 1. The average Bonchev–Trinajstić information content (AvgIpc) is 3.07. The minimum atomic E-state index is -4.24. The van der Waals surface area contributed by atoms with Crippen molar-refractivity contribution >= 4 is 27.3 Å². The summed E-state index contributed by atoms with van der Waals surface area (Å²) in [6.07, 6.45) is 0. The predicted octanol–water partition coefficient (Wildman–Crippen LogP) is 3.63. The number of anilines is 2. The lowest BCUT2D eigenvalue weighted by molar-refractivity contribution is -0.114. The summed E-state index contributed by atoms with van der Waals surface area (Å²) in [5.74, 6) is -0.562. The summed E-state index contributed by atoms with van der Waals surface area (Å²) in [4.78, 5) is 26.7. The maximum Gasteiger partial charge on any atom is 0.296 e. The number of rotatable bonds is 7. The molecule has 0 bridgehead atoms. The van der Waals surface area contributed by atoms with Gasteiger partial charge in [-0.3, -0.25) is 14.3 Å². The molecule has 9 heteroatoms. The summed E-state index contributed by atoms with van der Waals surface area (Å²) in [7, 11) is -2.56. The maximum atomic E-state index is 13.7. The molecular weight excluding hydrogens is 464 g/mol. The first-order chi connectivity index (χ1) is 16.7. The third-order valence-corrected chi connectivity index (χ3v) is 7.57. The van der Waals surface area contributed by atoms with Crippen LogP contribution in [0.5, 0.6) is 0 Å². The van der Waals surface area contributed by atoms with E-state index in [4.69, 9.17) is 0 Å². The van der Waals surface area contributed by atoms with Crippen LogP contribution in [0.4, 0.5) is 11.4 Å². The number of nitrogens with zero attached hydrogens (tertiary/aromatic N) is 3. The van der Waals surface area contributed by atoms with Crippen molar-refractivity contribution in [2.24, 2.45) is 7.05 Å². The van der Waals surface area contributed by atoms with Gasteiger partial charge in [-0.1, -0.05) is 54.6 Å². The van der Waals surface area contributed by atoms with Crippen molar-refractivity contribution < 1.29 is 13.2 Å². The van der Waals surface area contributed by atoms with Gasteiger partial charge in [0.25, 0.3) is 15.6 Å². The minimum Gasteiger partial charge on any atom is -0.324 e. The minimum absolute atomic E-state index is 0.0161. The first kappa shape index (κ1) is 24.0. The highest BCUT2D eigenvalue weighted by molar-refractivity contribution is 7.92. The average molecular weight is 491 g/mol. The molecule has 1 N–H and O–H groups in total. The fourth-order valence-electron chi connectivity index (χ4n) is 3.88. The molecule has 1 aromatic heterocycles. The van der Waals surface area contributed by atoms with E-state index in [1.165, 1.54) is 16.8 Å². The molecule has 0 unspecified atom stereocenters. The second-order valence-corrected chi connectivity index (χ2v) is 9.96.